The zero-order valence-electron chi connectivity index (χ0n) is 14.8. The number of likely N-dealkylation sites (tertiary alicyclic amines) is 2. The van der Waals surface area contributed by atoms with Crippen LogP contribution in [0.3, 0.4) is 0 Å². The summed E-state index contributed by atoms with van der Waals surface area (Å²) in [6.07, 6.45) is 9.06. The molecule has 2 heterocycles. The van der Waals surface area contributed by atoms with Gasteiger partial charge in [-0.3, -0.25) is 9.69 Å². The van der Waals surface area contributed by atoms with E-state index in [0.29, 0.717) is 12.0 Å². The van der Waals surface area contributed by atoms with Gasteiger partial charge in [-0.05, 0) is 69.7 Å². The highest BCUT2D eigenvalue weighted by atomic mass is 16.5. The Labute approximate surface area is 145 Å². The second kappa shape index (κ2) is 9.69. The van der Waals surface area contributed by atoms with Crippen molar-refractivity contribution in [1.29, 1.82) is 0 Å². The first-order chi connectivity index (χ1) is 11.7. The fourth-order valence-corrected chi connectivity index (χ4v) is 3.62. The van der Waals surface area contributed by atoms with Gasteiger partial charge in [0.2, 0.25) is 5.91 Å². The summed E-state index contributed by atoms with van der Waals surface area (Å²) in [6, 6.07) is 0. The summed E-state index contributed by atoms with van der Waals surface area (Å²) in [5, 5.41) is 0. The molecule has 0 atom stereocenters. The average molecular weight is 336 g/mol. The lowest BCUT2D eigenvalue weighted by Gasteiger charge is -2.37. The maximum Gasteiger partial charge on any atom is 0.225 e. The van der Waals surface area contributed by atoms with Crippen LogP contribution in [0.2, 0.25) is 0 Å². The normalized spacial score (nSPS) is 22.4. The summed E-state index contributed by atoms with van der Waals surface area (Å²) < 4.78 is 5.66. The summed E-state index contributed by atoms with van der Waals surface area (Å²) in [7, 11) is 0. The minimum Gasteiger partial charge on any atom is -0.405 e. The van der Waals surface area contributed by atoms with Crippen LogP contribution in [0.4, 0.5) is 0 Å². The number of rotatable bonds is 6. The fraction of sp³-hybridized carbons (Fsp3) is 0.722. The van der Waals surface area contributed by atoms with Crippen LogP contribution in [0.1, 0.15) is 32.6 Å². The average Bonchev–Trinajstić information content (AvgIpc) is 2.62. The molecule has 6 nitrogen and oxygen atoms in total. The molecule has 0 aromatic carbocycles. The lowest BCUT2D eigenvalue weighted by atomic mass is 9.94. The molecule has 0 saturated carbocycles. The Morgan fingerprint density at radius 3 is 2.33 bits per heavy atom. The van der Waals surface area contributed by atoms with Crippen LogP contribution in [0.25, 0.3) is 0 Å². The Bertz CT molecular complexity index is 448. The molecular formula is C18H32N4O2. The van der Waals surface area contributed by atoms with Crippen LogP contribution >= 0.6 is 0 Å². The first-order valence-corrected chi connectivity index (χ1v) is 9.09. The highest BCUT2D eigenvalue weighted by Crippen LogP contribution is 2.23. The fourth-order valence-electron chi connectivity index (χ4n) is 3.62. The van der Waals surface area contributed by atoms with Gasteiger partial charge in [-0.1, -0.05) is 0 Å². The Hall–Kier alpha value is -1.53. The summed E-state index contributed by atoms with van der Waals surface area (Å²) in [5.74, 6) is 0.501. The lowest BCUT2D eigenvalue weighted by Crippen LogP contribution is -2.46. The maximum absolute atomic E-state index is 12.7. The molecule has 136 valence electrons. The van der Waals surface area contributed by atoms with Gasteiger partial charge in [0.25, 0.3) is 0 Å². The van der Waals surface area contributed by atoms with Crippen molar-refractivity contribution in [2.45, 2.75) is 38.7 Å². The van der Waals surface area contributed by atoms with E-state index in [4.69, 9.17) is 16.2 Å². The highest BCUT2D eigenvalue weighted by Gasteiger charge is 2.30. The standard InChI is InChI=1S/C18H32N4O2/c1-2-24-17-6-11-22(12-7-17)18(23)16-4-9-21(10-5-16)14-15(13-20)3-8-19/h3,8,13,16-17H,2,4-7,9-12,14,19-20H2,1H3/b8-3-,15-13+. The molecule has 0 aromatic heterocycles. The topological polar surface area (TPSA) is 84.8 Å². The van der Waals surface area contributed by atoms with E-state index in [0.717, 1.165) is 70.6 Å². The molecule has 0 radical (unpaired) electrons. The van der Waals surface area contributed by atoms with E-state index in [2.05, 4.69) is 4.90 Å². The van der Waals surface area contributed by atoms with E-state index in [1.807, 2.05) is 17.9 Å². The van der Waals surface area contributed by atoms with E-state index in [1.165, 1.54) is 6.20 Å². The third-order valence-electron chi connectivity index (χ3n) is 5.02. The molecule has 0 spiro atoms. The number of ether oxygens (including phenoxy) is 1. The lowest BCUT2D eigenvalue weighted by molar-refractivity contribution is -0.139. The van der Waals surface area contributed by atoms with Gasteiger partial charge in [0.15, 0.2) is 0 Å². The van der Waals surface area contributed by atoms with E-state index >= 15 is 0 Å². The second-order valence-corrected chi connectivity index (χ2v) is 6.63. The van der Waals surface area contributed by atoms with Gasteiger partial charge in [-0.15, -0.1) is 0 Å². The van der Waals surface area contributed by atoms with Crippen LogP contribution in [-0.4, -0.2) is 61.1 Å². The van der Waals surface area contributed by atoms with Gasteiger partial charge in [-0.2, -0.15) is 0 Å². The smallest absolute Gasteiger partial charge is 0.225 e. The van der Waals surface area contributed by atoms with Crippen molar-refractivity contribution >= 4 is 5.91 Å². The third-order valence-corrected chi connectivity index (χ3v) is 5.02. The summed E-state index contributed by atoms with van der Waals surface area (Å²) in [5.41, 5.74) is 12.1. The molecule has 2 saturated heterocycles. The second-order valence-electron chi connectivity index (χ2n) is 6.63. The first-order valence-electron chi connectivity index (χ1n) is 9.09. The minimum absolute atomic E-state index is 0.167. The zero-order valence-corrected chi connectivity index (χ0v) is 14.8. The van der Waals surface area contributed by atoms with E-state index < -0.39 is 0 Å². The predicted molar refractivity (Wildman–Crippen MR) is 96.0 cm³/mol. The number of carbonyl (C=O) groups is 1. The number of hydrogen-bond donors (Lipinski definition) is 2. The Balaban J connectivity index is 1.75. The van der Waals surface area contributed by atoms with Gasteiger partial charge in [0.1, 0.15) is 0 Å². The molecule has 2 rings (SSSR count). The van der Waals surface area contributed by atoms with Crippen LogP contribution in [0.15, 0.2) is 24.0 Å². The Morgan fingerprint density at radius 1 is 1.12 bits per heavy atom. The molecule has 24 heavy (non-hydrogen) atoms. The molecule has 2 aliphatic heterocycles. The molecule has 1 amide bonds. The molecule has 2 fully saturated rings. The van der Waals surface area contributed by atoms with Crippen molar-refractivity contribution in [2.75, 3.05) is 39.3 Å². The minimum atomic E-state index is 0.167. The number of amides is 1. The van der Waals surface area contributed by atoms with Gasteiger partial charge in [0, 0.05) is 32.2 Å². The monoisotopic (exact) mass is 336 g/mol. The molecule has 4 N–H and O–H groups in total. The molecule has 0 aliphatic carbocycles. The largest absolute Gasteiger partial charge is 0.405 e. The highest BCUT2D eigenvalue weighted by molar-refractivity contribution is 5.79. The number of carbonyl (C=O) groups excluding carboxylic acids is 1. The molecular weight excluding hydrogens is 304 g/mol. The zero-order chi connectivity index (χ0) is 17.4. The Morgan fingerprint density at radius 2 is 1.79 bits per heavy atom. The maximum atomic E-state index is 12.7. The van der Waals surface area contributed by atoms with Gasteiger partial charge >= 0.3 is 0 Å². The molecule has 2 aliphatic rings. The molecule has 0 aromatic rings. The van der Waals surface area contributed by atoms with Crippen molar-refractivity contribution in [3.05, 3.63) is 24.0 Å². The predicted octanol–water partition coefficient (Wildman–Crippen LogP) is 1.04. The van der Waals surface area contributed by atoms with Crippen molar-refractivity contribution < 1.29 is 9.53 Å². The van der Waals surface area contributed by atoms with Gasteiger partial charge < -0.3 is 21.1 Å². The van der Waals surface area contributed by atoms with Gasteiger partial charge in [-0.25, -0.2) is 0 Å². The third kappa shape index (κ3) is 5.24. The van der Waals surface area contributed by atoms with Crippen LogP contribution in [-0.2, 0) is 9.53 Å². The SMILES string of the molecule is CCOC1CCN(C(=O)C2CCN(CC(/C=C\N)=C/N)CC2)CC1. The van der Waals surface area contributed by atoms with E-state index in [1.54, 1.807) is 6.20 Å². The van der Waals surface area contributed by atoms with Crippen molar-refractivity contribution in [3.63, 3.8) is 0 Å². The molecule has 6 heteroatoms. The molecule has 0 bridgehead atoms. The first kappa shape index (κ1) is 18.8. The Kier molecular flexibility index (Phi) is 7.59. The number of nitrogens with two attached hydrogens (primary N) is 2. The van der Waals surface area contributed by atoms with Crippen LogP contribution in [0, 0.1) is 5.92 Å². The number of hydrogen-bond acceptors (Lipinski definition) is 5. The van der Waals surface area contributed by atoms with Crippen molar-refractivity contribution in [2.24, 2.45) is 17.4 Å². The summed E-state index contributed by atoms with van der Waals surface area (Å²) >= 11 is 0. The van der Waals surface area contributed by atoms with Crippen molar-refractivity contribution in [1.82, 2.24) is 9.80 Å². The van der Waals surface area contributed by atoms with E-state index in [9.17, 15) is 4.79 Å². The van der Waals surface area contributed by atoms with Crippen LogP contribution in [0.5, 0.6) is 0 Å². The van der Waals surface area contributed by atoms with E-state index in [-0.39, 0.29) is 5.92 Å². The molecule has 0 unspecified atom stereocenters. The summed E-state index contributed by atoms with van der Waals surface area (Å²) in [4.78, 5) is 17.1. The quantitative estimate of drug-likeness (QED) is 0.708. The van der Waals surface area contributed by atoms with Crippen LogP contribution < -0.4 is 11.5 Å². The van der Waals surface area contributed by atoms with Gasteiger partial charge in [0.05, 0.1) is 6.10 Å². The number of nitrogens with zero attached hydrogens (tertiary/aromatic N) is 2. The summed E-state index contributed by atoms with van der Waals surface area (Å²) in [6.45, 7) is 7.12. The van der Waals surface area contributed by atoms with Crippen molar-refractivity contribution in [3.8, 4) is 0 Å². The number of piperidine rings is 2.